The molecule has 4 rings (SSSR count). The van der Waals surface area contributed by atoms with E-state index in [0.29, 0.717) is 13.1 Å². The van der Waals surface area contributed by atoms with Gasteiger partial charge in [-0.1, -0.05) is 6.07 Å². The largest absolute Gasteiger partial charge is 0.356 e. The summed E-state index contributed by atoms with van der Waals surface area (Å²) in [5, 5.41) is 0. The zero-order chi connectivity index (χ0) is 19.7. The van der Waals surface area contributed by atoms with Crippen LogP contribution in [0, 0.1) is 20.8 Å². The van der Waals surface area contributed by atoms with Gasteiger partial charge in [-0.15, -0.1) is 0 Å². The molecule has 0 spiro atoms. The average Bonchev–Trinajstić information content (AvgIpc) is 3.24. The molecule has 2 aliphatic rings. The van der Waals surface area contributed by atoms with Crippen molar-refractivity contribution in [2.75, 3.05) is 49.1 Å². The van der Waals surface area contributed by atoms with Gasteiger partial charge in [0, 0.05) is 50.9 Å². The van der Waals surface area contributed by atoms with Crippen LogP contribution in [0.2, 0.25) is 0 Å². The quantitative estimate of drug-likeness (QED) is 0.821. The Morgan fingerprint density at radius 2 is 1.39 bits per heavy atom. The van der Waals surface area contributed by atoms with Crippen LogP contribution in [0.15, 0.2) is 24.3 Å². The Labute approximate surface area is 167 Å². The fraction of sp³-hybridized carbons (Fsp3) is 0.500. The predicted octanol–water partition coefficient (Wildman–Crippen LogP) is 2.96. The number of rotatable bonds is 3. The van der Waals surface area contributed by atoms with Crippen molar-refractivity contribution >= 4 is 17.5 Å². The van der Waals surface area contributed by atoms with Crippen molar-refractivity contribution in [3.63, 3.8) is 0 Å². The highest BCUT2D eigenvalue weighted by atomic mass is 16.2. The van der Waals surface area contributed by atoms with Gasteiger partial charge in [0.15, 0.2) is 0 Å². The first-order valence-corrected chi connectivity index (χ1v) is 10.2. The van der Waals surface area contributed by atoms with Crippen LogP contribution >= 0.6 is 0 Å². The topological polar surface area (TPSA) is 52.6 Å². The van der Waals surface area contributed by atoms with E-state index >= 15 is 0 Å². The molecule has 0 N–H and O–H groups in total. The third-order valence-electron chi connectivity index (χ3n) is 5.89. The summed E-state index contributed by atoms with van der Waals surface area (Å²) in [6.45, 7) is 11.3. The van der Waals surface area contributed by atoms with Crippen LogP contribution in [0.5, 0.6) is 0 Å². The normalized spacial score (nSPS) is 17.3. The number of hydrogen-bond acceptors (Lipinski definition) is 5. The zero-order valence-corrected chi connectivity index (χ0v) is 17.1. The molecule has 3 heterocycles. The summed E-state index contributed by atoms with van der Waals surface area (Å²) in [7, 11) is 0. The Kier molecular flexibility index (Phi) is 5.20. The lowest BCUT2D eigenvalue weighted by Gasteiger charge is -2.36. The first-order chi connectivity index (χ1) is 13.5. The van der Waals surface area contributed by atoms with E-state index in [2.05, 4.69) is 39.7 Å². The maximum absolute atomic E-state index is 12.9. The highest BCUT2D eigenvalue weighted by molar-refractivity contribution is 5.94. The van der Waals surface area contributed by atoms with Gasteiger partial charge in [0.25, 0.3) is 5.91 Å². The van der Waals surface area contributed by atoms with Crippen LogP contribution in [0.4, 0.5) is 11.6 Å². The first kappa shape index (κ1) is 18.7. The van der Waals surface area contributed by atoms with E-state index < -0.39 is 0 Å². The Hall–Kier alpha value is -2.63. The van der Waals surface area contributed by atoms with Gasteiger partial charge in [-0.05, 0) is 56.9 Å². The van der Waals surface area contributed by atoms with Crippen molar-refractivity contribution in [3.05, 3.63) is 46.8 Å². The first-order valence-electron chi connectivity index (χ1n) is 10.2. The van der Waals surface area contributed by atoms with Crippen molar-refractivity contribution in [1.29, 1.82) is 0 Å². The van der Waals surface area contributed by atoms with Gasteiger partial charge in [-0.25, -0.2) is 9.97 Å². The molecule has 2 saturated heterocycles. The maximum Gasteiger partial charge on any atom is 0.253 e. The second kappa shape index (κ2) is 7.78. The zero-order valence-electron chi connectivity index (χ0n) is 17.1. The van der Waals surface area contributed by atoms with E-state index in [9.17, 15) is 4.79 Å². The van der Waals surface area contributed by atoms with Crippen molar-refractivity contribution in [2.24, 2.45) is 0 Å². The van der Waals surface area contributed by atoms with E-state index in [1.807, 2.05) is 30.0 Å². The monoisotopic (exact) mass is 379 g/mol. The molecule has 0 saturated carbocycles. The van der Waals surface area contributed by atoms with Gasteiger partial charge >= 0.3 is 0 Å². The molecule has 6 nitrogen and oxygen atoms in total. The van der Waals surface area contributed by atoms with Crippen molar-refractivity contribution in [1.82, 2.24) is 14.9 Å². The minimum Gasteiger partial charge on any atom is -0.356 e. The molecule has 0 radical (unpaired) electrons. The Balaban J connectivity index is 1.44. The molecule has 0 unspecified atom stereocenters. The summed E-state index contributed by atoms with van der Waals surface area (Å²) in [5.41, 5.74) is 3.16. The van der Waals surface area contributed by atoms with Crippen LogP contribution in [0.3, 0.4) is 0 Å². The number of carbonyl (C=O) groups excluding carboxylic acids is 1. The van der Waals surface area contributed by atoms with Crippen molar-refractivity contribution < 1.29 is 4.79 Å². The molecular formula is C22H29N5O. The molecule has 0 aliphatic carbocycles. The summed E-state index contributed by atoms with van der Waals surface area (Å²) in [6, 6.07) is 8.08. The second-order valence-corrected chi connectivity index (χ2v) is 7.90. The minimum absolute atomic E-state index is 0.124. The number of anilines is 2. The maximum atomic E-state index is 12.9. The summed E-state index contributed by atoms with van der Waals surface area (Å²) >= 11 is 0. The number of benzene rings is 1. The minimum atomic E-state index is 0.124. The molecule has 1 aromatic carbocycles. The van der Waals surface area contributed by atoms with Gasteiger partial charge in [0.1, 0.15) is 17.5 Å². The van der Waals surface area contributed by atoms with Crippen LogP contribution in [0.1, 0.15) is 40.2 Å². The number of carbonyl (C=O) groups is 1. The predicted molar refractivity (Wildman–Crippen MR) is 112 cm³/mol. The fourth-order valence-corrected chi connectivity index (χ4v) is 4.00. The molecule has 0 atom stereocenters. The summed E-state index contributed by atoms with van der Waals surface area (Å²) < 4.78 is 0. The van der Waals surface area contributed by atoms with Crippen LogP contribution < -0.4 is 9.80 Å². The number of hydrogen-bond donors (Lipinski definition) is 0. The number of piperazine rings is 1. The summed E-state index contributed by atoms with van der Waals surface area (Å²) in [5.74, 6) is 2.95. The Morgan fingerprint density at radius 3 is 2.00 bits per heavy atom. The molecule has 1 aromatic heterocycles. The smallest absolute Gasteiger partial charge is 0.253 e. The SMILES string of the molecule is Cc1nc(N2CCCC2)cc(N2CCN(C(=O)c3ccc(C)c(C)c3)CC2)n1. The number of nitrogens with zero attached hydrogens (tertiary/aromatic N) is 5. The van der Waals surface area contributed by atoms with E-state index in [4.69, 9.17) is 0 Å². The molecule has 2 aromatic rings. The van der Waals surface area contributed by atoms with Crippen molar-refractivity contribution in [2.45, 2.75) is 33.6 Å². The number of aromatic nitrogens is 2. The molecule has 6 heteroatoms. The molecule has 2 fully saturated rings. The van der Waals surface area contributed by atoms with Crippen LogP contribution in [-0.2, 0) is 0 Å². The van der Waals surface area contributed by atoms with E-state index in [1.165, 1.54) is 18.4 Å². The fourth-order valence-electron chi connectivity index (χ4n) is 4.00. The van der Waals surface area contributed by atoms with Gasteiger partial charge in [-0.2, -0.15) is 0 Å². The van der Waals surface area contributed by atoms with E-state index in [0.717, 1.165) is 54.8 Å². The van der Waals surface area contributed by atoms with Gasteiger partial charge in [0.2, 0.25) is 0 Å². The van der Waals surface area contributed by atoms with Crippen LogP contribution in [-0.4, -0.2) is 60.0 Å². The summed E-state index contributed by atoms with van der Waals surface area (Å²) in [4.78, 5) is 28.7. The van der Waals surface area contributed by atoms with Crippen molar-refractivity contribution in [3.8, 4) is 0 Å². The second-order valence-electron chi connectivity index (χ2n) is 7.90. The van der Waals surface area contributed by atoms with Gasteiger partial charge < -0.3 is 14.7 Å². The highest BCUT2D eigenvalue weighted by Gasteiger charge is 2.24. The summed E-state index contributed by atoms with van der Waals surface area (Å²) in [6.07, 6.45) is 2.47. The lowest BCUT2D eigenvalue weighted by atomic mass is 10.1. The molecular weight excluding hydrogens is 350 g/mol. The van der Waals surface area contributed by atoms with Gasteiger partial charge in [0.05, 0.1) is 0 Å². The van der Waals surface area contributed by atoms with E-state index in [-0.39, 0.29) is 5.91 Å². The molecule has 1 amide bonds. The Morgan fingerprint density at radius 1 is 0.786 bits per heavy atom. The lowest BCUT2D eigenvalue weighted by Crippen LogP contribution is -2.49. The third kappa shape index (κ3) is 3.81. The van der Waals surface area contributed by atoms with Gasteiger partial charge in [-0.3, -0.25) is 4.79 Å². The molecule has 0 bridgehead atoms. The molecule has 148 valence electrons. The Bertz CT molecular complexity index is 867. The average molecular weight is 380 g/mol. The van der Waals surface area contributed by atoms with Crippen LogP contribution in [0.25, 0.3) is 0 Å². The standard InChI is InChI=1S/C22H29N5O/c1-16-6-7-19(14-17(16)2)22(28)27-12-10-26(11-13-27)21-15-20(23-18(3)24-21)25-8-4-5-9-25/h6-7,14-15H,4-5,8-13H2,1-3H3. The number of aryl methyl sites for hydroxylation is 3. The lowest BCUT2D eigenvalue weighted by molar-refractivity contribution is 0.0746. The highest BCUT2D eigenvalue weighted by Crippen LogP contribution is 2.24. The number of amides is 1. The molecule has 2 aliphatic heterocycles. The van der Waals surface area contributed by atoms with E-state index in [1.54, 1.807) is 0 Å². The molecule has 28 heavy (non-hydrogen) atoms. The third-order valence-corrected chi connectivity index (χ3v) is 5.89.